The molecule has 38 heavy (non-hydrogen) atoms. The van der Waals surface area contributed by atoms with Crippen LogP contribution in [0.5, 0.6) is 0 Å². The van der Waals surface area contributed by atoms with E-state index in [-0.39, 0.29) is 28.1 Å². The summed E-state index contributed by atoms with van der Waals surface area (Å²) in [5.41, 5.74) is 6.38. The van der Waals surface area contributed by atoms with E-state index < -0.39 is 23.5 Å². The van der Waals surface area contributed by atoms with Gasteiger partial charge in [-0.3, -0.25) is 19.0 Å². The number of rotatable bonds is 9. The molecule has 3 amide bonds. The van der Waals surface area contributed by atoms with E-state index in [2.05, 4.69) is 20.5 Å². The molecule has 0 bridgehead atoms. The Bertz CT molecular complexity index is 1320. The van der Waals surface area contributed by atoms with Crippen LogP contribution in [0.3, 0.4) is 0 Å². The lowest BCUT2D eigenvalue weighted by molar-refractivity contribution is 0.0815. The summed E-state index contributed by atoms with van der Waals surface area (Å²) in [7, 11) is 0. The zero-order valence-corrected chi connectivity index (χ0v) is 21.2. The predicted molar refractivity (Wildman–Crippen MR) is 140 cm³/mol. The number of anilines is 1. The number of nitrogens with two attached hydrogens (primary N) is 1. The van der Waals surface area contributed by atoms with E-state index in [1.54, 1.807) is 24.3 Å². The number of hydrogen-bond donors (Lipinski definition) is 4. The topological polar surface area (TPSA) is 143 Å². The Balaban J connectivity index is 1.42. The Morgan fingerprint density at radius 3 is 2.47 bits per heavy atom. The third-order valence-corrected chi connectivity index (χ3v) is 6.60. The molecule has 1 saturated heterocycles. The van der Waals surface area contributed by atoms with Gasteiger partial charge in [0.1, 0.15) is 17.8 Å². The molecule has 200 valence electrons. The van der Waals surface area contributed by atoms with Crippen molar-refractivity contribution < 1.29 is 23.9 Å². The second kappa shape index (κ2) is 12.2. The van der Waals surface area contributed by atoms with Gasteiger partial charge in [-0.15, -0.1) is 0 Å². The number of benzene rings is 2. The SMILES string of the molecule is NC(=O)c1ncn(-c2ccc(NC(=O)c3ccc(F)cc3Cl)cc2)c1C(=O)NCCCN1CCC(O)CC1. The minimum absolute atomic E-state index is 0.00785. The van der Waals surface area contributed by atoms with E-state index in [1.165, 1.54) is 17.0 Å². The number of carbonyl (C=O) groups excluding carboxylic acids is 3. The molecule has 0 radical (unpaired) electrons. The highest BCUT2D eigenvalue weighted by atomic mass is 35.5. The maximum Gasteiger partial charge on any atom is 0.270 e. The number of aliphatic hydroxyl groups excluding tert-OH is 1. The van der Waals surface area contributed by atoms with Crippen LogP contribution in [0.1, 0.15) is 50.6 Å². The van der Waals surface area contributed by atoms with E-state index in [4.69, 9.17) is 17.3 Å². The highest BCUT2D eigenvalue weighted by Gasteiger charge is 2.23. The normalized spacial score (nSPS) is 14.3. The summed E-state index contributed by atoms with van der Waals surface area (Å²) >= 11 is 5.96. The average molecular weight is 543 g/mol. The number of halogens is 2. The molecule has 10 nitrogen and oxygen atoms in total. The van der Waals surface area contributed by atoms with Crippen molar-refractivity contribution in [2.45, 2.75) is 25.4 Å². The molecule has 0 spiro atoms. The van der Waals surface area contributed by atoms with Crippen LogP contribution < -0.4 is 16.4 Å². The summed E-state index contributed by atoms with van der Waals surface area (Å²) in [6, 6.07) is 9.97. The molecule has 1 aliphatic rings. The number of aliphatic hydroxyl groups is 1. The van der Waals surface area contributed by atoms with Crippen molar-refractivity contribution in [3.05, 3.63) is 76.6 Å². The number of amides is 3. The summed E-state index contributed by atoms with van der Waals surface area (Å²) in [5.74, 6) is -2.38. The molecule has 0 unspecified atom stereocenters. The zero-order valence-electron chi connectivity index (χ0n) is 20.5. The summed E-state index contributed by atoms with van der Waals surface area (Å²) in [6.45, 7) is 2.81. The Labute approximate surface area is 223 Å². The van der Waals surface area contributed by atoms with Crippen molar-refractivity contribution in [2.24, 2.45) is 5.73 Å². The maximum atomic E-state index is 13.3. The van der Waals surface area contributed by atoms with Crippen LogP contribution in [0.25, 0.3) is 5.69 Å². The first kappa shape index (κ1) is 27.2. The molecule has 1 fully saturated rings. The van der Waals surface area contributed by atoms with Gasteiger partial charge in [0.2, 0.25) is 0 Å². The number of primary amides is 1. The summed E-state index contributed by atoms with van der Waals surface area (Å²) in [6.07, 6.45) is 3.29. The Morgan fingerprint density at radius 1 is 1.11 bits per heavy atom. The van der Waals surface area contributed by atoms with Crippen LogP contribution in [0.4, 0.5) is 10.1 Å². The summed E-state index contributed by atoms with van der Waals surface area (Å²) in [4.78, 5) is 43.8. The van der Waals surface area contributed by atoms with Crippen molar-refractivity contribution in [1.29, 1.82) is 0 Å². The average Bonchev–Trinajstić information content (AvgIpc) is 3.34. The molecule has 12 heteroatoms. The maximum absolute atomic E-state index is 13.3. The van der Waals surface area contributed by atoms with Gasteiger partial charge in [-0.1, -0.05) is 11.6 Å². The third-order valence-electron chi connectivity index (χ3n) is 6.29. The monoisotopic (exact) mass is 542 g/mol. The number of likely N-dealkylation sites (tertiary alicyclic amines) is 1. The van der Waals surface area contributed by atoms with Crippen LogP contribution in [0, 0.1) is 5.82 Å². The molecular weight excluding hydrogens is 515 g/mol. The smallest absolute Gasteiger partial charge is 0.270 e. The first-order valence-electron chi connectivity index (χ1n) is 12.2. The second-order valence-corrected chi connectivity index (χ2v) is 9.39. The van der Waals surface area contributed by atoms with Crippen molar-refractivity contribution in [3.63, 3.8) is 0 Å². The van der Waals surface area contributed by atoms with Gasteiger partial charge in [-0.25, -0.2) is 9.37 Å². The van der Waals surface area contributed by atoms with Gasteiger partial charge in [0.05, 0.1) is 16.7 Å². The summed E-state index contributed by atoms with van der Waals surface area (Å²) in [5, 5.41) is 15.1. The van der Waals surface area contributed by atoms with E-state index in [0.717, 1.165) is 44.6 Å². The van der Waals surface area contributed by atoms with Crippen molar-refractivity contribution in [1.82, 2.24) is 19.8 Å². The Morgan fingerprint density at radius 2 is 1.82 bits per heavy atom. The number of imidazole rings is 1. The quantitative estimate of drug-likeness (QED) is 0.306. The highest BCUT2D eigenvalue weighted by Crippen LogP contribution is 2.21. The fraction of sp³-hybridized carbons (Fsp3) is 0.308. The number of nitrogens with one attached hydrogen (secondary N) is 2. The fourth-order valence-electron chi connectivity index (χ4n) is 4.25. The largest absolute Gasteiger partial charge is 0.393 e. The van der Waals surface area contributed by atoms with Crippen molar-refractivity contribution in [3.8, 4) is 5.69 Å². The number of piperidine rings is 1. The minimum Gasteiger partial charge on any atom is -0.393 e. The molecule has 2 heterocycles. The van der Waals surface area contributed by atoms with Gasteiger partial charge in [0.25, 0.3) is 17.7 Å². The fourth-order valence-corrected chi connectivity index (χ4v) is 4.50. The molecule has 1 aliphatic heterocycles. The van der Waals surface area contributed by atoms with Gasteiger partial charge in [0.15, 0.2) is 5.69 Å². The molecular formula is C26H28ClFN6O4. The number of nitrogens with zero attached hydrogens (tertiary/aromatic N) is 3. The second-order valence-electron chi connectivity index (χ2n) is 8.98. The molecule has 2 aromatic carbocycles. The third kappa shape index (κ3) is 6.55. The molecule has 1 aromatic heterocycles. The van der Waals surface area contributed by atoms with Gasteiger partial charge < -0.3 is 26.4 Å². The van der Waals surface area contributed by atoms with Crippen LogP contribution in [0.2, 0.25) is 5.02 Å². The van der Waals surface area contributed by atoms with E-state index in [1.807, 2.05) is 0 Å². The van der Waals surface area contributed by atoms with Gasteiger partial charge >= 0.3 is 0 Å². The lowest BCUT2D eigenvalue weighted by Crippen LogP contribution is -2.38. The standard InChI is InChI=1S/C26H28ClFN6O4/c27-21-14-16(28)2-7-20(21)25(37)32-17-3-5-18(6-4-17)34-15-31-22(24(29)36)23(34)26(38)30-10-1-11-33-12-8-19(35)9-13-33/h2-7,14-15,19,35H,1,8-13H2,(H2,29,36)(H,30,38)(H,32,37). The van der Waals surface area contributed by atoms with E-state index in [0.29, 0.717) is 24.3 Å². The molecule has 0 atom stereocenters. The lowest BCUT2D eigenvalue weighted by Gasteiger charge is -2.29. The zero-order chi connectivity index (χ0) is 27.2. The predicted octanol–water partition coefficient (Wildman–Crippen LogP) is 2.59. The van der Waals surface area contributed by atoms with E-state index in [9.17, 15) is 23.9 Å². The van der Waals surface area contributed by atoms with Crippen LogP contribution in [0.15, 0.2) is 48.8 Å². The first-order chi connectivity index (χ1) is 18.2. The number of hydrogen-bond acceptors (Lipinski definition) is 6. The Kier molecular flexibility index (Phi) is 8.72. The molecule has 5 N–H and O–H groups in total. The van der Waals surface area contributed by atoms with Gasteiger partial charge in [-0.05, 0) is 68.3 Å². The minimum atomic E-state index is -0.833. The number of aromatic nitrogens is 2. The molecule has 0 saturated carbocycles. The molecule has 4 rings (SSSR count). The summed E-state index contributed by atoms with van der Waals surface area (Å²) < 4.78 is 14.7. The molecule has 3 aromatic rings. The van der Waals surface area contributed by atoms with Crippen LogP contribution in [-0.2, 0) is 0 Å². The highest BCUT2D eigenvalue weighted by molar-refractivity contribution is 6.34. The number of carbonyl (C=O) groups is 3. The molecule has 0 aliphatic carbocycles. The van der Waals surface area contributed by atoms with Crippen molar-refractivity contribution in [2.75, 3.05) is 31.5 Å². The lowest BCUT2D eigenvalue weighted by atomic mass is 10.1. The van der Waals surface area contributed by atoms with E-state index >= 15 is 0 Å². The van der Waals surface area contributed by atoms with Crippen molar-refractivity contribution >= 4 is 35.0 Å². The first-order valence-corrected chi connectivity index (χ1v) is 12.5. The van der Waals surface area contributed by atoms with Crippen LogP contribution in [-0.4, -0.2) is 69.6 Å². The van der Waals surface area contributed by atoms with Crippen LogP contribution >= 0.6 is 11.6 Å². The van der Waals surface area contributed by atoms with Gasteiger partial charge in [0, 0.05) is 31.0 Å². The Hall–Kier alpha value is -3.80. The van der Waals surface area contributed by atoms with Gasteiger partial charge in [-0.2, -0.15) is 0 Å².